The lowest BCUT2D eigenvalue weighted by Gasteiger charge is -2.13. The van der Waals surface area contributed by atoms with E-state index in [4.69, 9.17) is 5.11 Å². The van der Waals surface area contributed by atoms with Crippen molar-refractivity contribution in [3.63, 3.8) is 0 Å². The van der Waals surface area contributed by atoms with E-state index in [2.05, 4.69) is 20.7 Å². The van der Waals surface area contributed by atoms with Crippen LogP contribution in [0.15, 0.2) is 45.8 Å². The molecule has 22 heavy (non-hydrogen) atoms. The van der Waals surface area contributed by atoms with Crippen molar-refractivity contribution in [3.8, 4) is 0 Å². The van der Waals surface area contributed by atoms with Crippen LogP contribution in [0.5, 0.6) is 0 Å². The van der Waals surface area contributed by atoms with Gasteiger partial charge in [0.15, 0.2) is 0 Å². The van der Waals surface area contributed by atoms with E-state index in [-0.39, 0.29) is 11.3 Å². The van der Waals surface area contributed by atoms with Crippen LogP contribution in [0, 0.1) is 12.7 Å². The highest BCUT2D eigenvalue weighted by Crippen LogP contribution is 2.27. The van der Waals surface area contributed by atoms with Gasteiger partial charge in [-0.25, -0.2) is 17.6 Å². The largest absolute Gasteiger partial charge is 0.478 e. The Hall–Kier alpha value is -1.93. The maximum atomic E-state index is 13.8. The number of hydrogen-bond donors (Lipinski definition) is 2. The van der Waals surface area contributed by atoms with Gasteiger partial charge in [0, 0.05) is 10.0 Å². The van der Waals surface area contributed by atoms with Crippen molar-refractivity contribution in [2.75, 3.05) is 4.72 Å². The smallest absolute Gasteiger partial charge is 0.335 e. The molecule has 0 amide bonds. The lowest BCUT2D eigenvalue weighted by Crippen LogP contribution is -2.16. The van der Waals surface area contributed by atoms with E-state index in [9.17, 15) is 17.6 Å². The van der Waals surface area contributed by atoms with E-state index in [1.165, 1.54) is 13.0 Å². The third-order valence-electron chi connectivity index (χ3n) is 2.95. The first kappa shape index (κ1) is 16.4. The van der Waals surface area contributed by atoms with Crippen molar-refractivity contribution in [1.82, 2.24) is 0 Å². The van der Waals surface area contributed by atoms with Crippen LogP contribution in [-0.2, 0) is 10.0 Å². The predicted molar refractivity (Wildman–Crippen MR) is 83.0 cm³/mol. The summed E-state index contributed by atoms with van der Waals surface area (Å²) in [6, 6.07) is 8.21. The molecule has 0 unspecified atom stereocenters. The van der Waals surface area contributed by atoms with Crippen molar-refractivity contribution >= 4 is 37.6 Å². The summed E-state index contributed by atoms with van der Waals surface area (Å²) in [5, 5.41) is 8.93. The molecular formula is C14H11BrFNO4S. The molecule has 2 rings (SSSR count). The average Bonchev–Trinajstić information content (AvgIpc) is 2.43. The molecule has 0 heterocycles. The molecule has 0 bridgehead atoms. The van der Waals surface area contributed by atoms with Crippen LogP contribution < -0.4 is 4.72 Å². The van der Waals surface area contributed by atoms with Crippen molar-refractivity contribution in [2.24, 2.45) is 0 Å². The first-order valence-corrected chi connectivity index (χ1v) is 8.31. The molecule has 116 valence electrons. The summed E-state index contributed by atoms with van der Waals surface area (Å²) in [5.74, 6) is -2.30. The van der Waals surface area contributed by atoms with Gasteiger partial charge in [-0.2, -0.15) is 0 Å². The number of para-hydroxylation sites is 1. The van der Waals surface area contributed by atoms with Gasteiger partial charge in [-0.3, -0.25) is 4.72 Å². The molecular weight excluding hydrogens is 377 g/mol. The van der Waals surface area contributed by atoms with Crippen LogP contribution in [0.25, 0.3) is 0 Å². The molecule has 0 atom stereocenters. The number of nitrogens with one attached hydrogen (secondary N) is 1. The Balaban J connectivity index is 2.54. The van der Waals surface area contributed by atoms with E-state index in [1.807, 2.05) is 0 Å². The zero-order chi connectivity index (χ0) is 16.5. The Morgan fingerprint density at radius 3 is 2.50 bits per heavy atom. The molecule has 0 aromatic heterocycles. The topological polar surface area (TPSA) is 83.5 Å². The van der Waals surface area contributed by atoms with Crippen molar-refractivity contribution in [2.45, 2.75) is 11.8 Å². The Morgan fingerprint density at radius 2 is 1.91 bits per heavy atom. The highest BCUT2D eigenvalue weighted by molar-refractivity contribution is 9.10. The summed E-state index contributed by atoms with van der Waals surface area (Å²) < 4.78 is 41.4. The Kier molecular flexibility index (Phi) is 4.52. The minimum Gasteiger partial charge on any atom is -0.478 e. The molecule has 0 fully saturated rings. The third-order valence-corrected chi connectivity index (χ3v) is 5.13. The Labute approximate surface area is 135 Å². The van der Waals surface area contributed by atoms with E-state index in [1.54, 1.807) is 18.2 Å². The predicted octanol–water partition coefficient (Wildman–Crippen LogP) is 3.40. The van der Waals surface area contributed by atoms with Crippen LogP contribution in [0.1, 0.15) is 15.9 Å². The molecule has 5 nitrogen and oxygen atoms in total. The zero-order valence-corrected chi connectivity index (χ0v) is 13.7. The molecule has 0 aliphatic carbocycles. The number of aromatic carboxylic acids is 1. The Bertz CT molecular complexity index is 852. The fourth-order valence-corrected chi connectivity index (χ4v) is 3.68. The monoisotopic (exact) mass is 387 g/mol. The SMILES string of the molecule is Cc1c(F)cc(C(=O)O)cc1S(=O)(=O)Nc1ccccc1Br. The summed E-state index contributed by atoms with van der Waals surface area (Å²) in [6.07, 6.45) is 0. The van der Waals surface area contributed by atoms with Crippen LogP contribution in [0.3, 0.4) is 0 Å². The molecule has 0 aliphatic heterocycles. The van der Waals surface area contributed by atoms with Gasteiger partial charge in [0.25, 0.3) is 10.0 Å². The maximum absolute atomic E-state index is 13.8. The van der Waals surface area contributed by atoms with E-state index in [0.717, 1.165) is 12.1 Å². The Morgan fingerprint density at radius 1 is 1.27 bits per heavy atom. The molecule has 2 N–H and O–H groups in total. The van der Waals surface area contributed by atoms with Gasteiger partial charge in [-0.1, -0.05) is 12.1 Å². The van der Waals surface area contributed by atoms with Gasteiger partial charge in [0.2, 0.25) is 0 Å². The second-order valence-electron chi connectivity index (χ2n) is 4.47. The lowest BCUT2D eigenvalue weighted by molar-refractivity contribution is 0.0696. The number of anilines is 1. The minimum atomic E-state index is -4.13. The van der Waals surface area contributed by atoms with Crippen LogP contribution in [0.4, 0.5) is 10.1 Å². The van der Waals surface area contributed by atoms with Crippen LogP contribution in [-0.4, -0.2) is 19.5 Å². The molecule has 0 saturated carbocycles. The fourth-order valence-electron chi connectivity index (χ4n) is 1.80. The van der Waals surface area contributed by atoms with Gasteiger partial charge in [0.05, 0.1) is 16.1 Å². The van der Waals surface area contributed by atoms with E-state index >= 15 is 0 Å². The summed E-state index contributed by atoms with van der Waals surface area (Å²) in [6.45, 7) is 1.27. The zero-order valence-electron chi connectivity index (χ0n) is 11.3. The average molecular weight is 388 g/mol. The van der Waals surface area contributed by atoms with Gasteiger partial charge in [-0.15, -0.1) is 0 Å². The summed E-state index contributed by atoms with van der Waals surface area (Å²) >= 11 is 3.20. The molecule has 0 aliphatic rings. The lowest BCUT2D eigenvalue weighted by atomic mass is 10.1. The fraction of sp³-hybridized carbons (Fsp3) is 0.0714. The number of carboxylic acids is 1. The number of rotatable bonds is 4. The summed E-state index contributed by atoms with van der Waals surface area (Å²) in [4.78, 5) is 10.6. The summed E-state index contributed by atoms with van der Waals surface area (Å²) in [7, 11) is -4.13. The molecule has 8 heteroatoms. The van der Waals surface area contributed by atoms with Crippen LogP contribution in [0.2, 0.25) is 0 Å². The highest BCUT2D eigenvalue weighted by Gasteiger charge is 2.22. The third kappa shape index (κ3) is 3.28. The first-order chi connectivity index (χ1) is 10.2. The highest BCUT2D eigenvalue weighted by atomic mass is 79.9. The number of benzene rings is 2. The van der Waals surface area contributed by atoms with Crippen LogP contribution >= 0.6 is 15.9 Å². The van der Waals surface area contributed by atoms with Crippen molar-refractivity contribution < 1.29 is 22.7 Å². The molecule has 0 saturated heterocycles. The van der Waals surface area contributed by atoms with E-state index in [0.29, 0.717) is 4.47 Å². The number of sulfonamides is 1. The van der Waals surface area contributed by atoms with Gasteiger partial charge in [-0.05, 0) is 47.1 Å². The summed E-state index contributed by atoms with van der Waals surface area (Å²) in [5.41, 5.74) is -0.316. The van der Waals surface area contributed by atoms with Crippen molar-refractivity contribution in [3.05, 3.63) is 57.8 Å². The number of carboxylic acid groups (broad SMARTS) is 1. The quantitative estimate of drug-likeness (QED) is 0.841. The molecule has 2 aromatic carbocycles. The molecule has 0 radical (unpaired) electrons. The second-order valence-corrected chi connectivity index (χ2v) is 6.98. The number of hydrogen-bond acceptors (Lipinski definition) is 3. The molecule has 2 aromatic rings. The van der Waals surface area contributed by atoms with Crippen molar-refractivity contribution in [1.29, 1.82) is 0 Å². The maximum Gasteiger partial charge on any atom is 0.335 e. The normalized spacial score (nSPS) is 11.2. The van der Waals surface area contributed by atoms with Gasteiger partial charge in [0.1, 0.15) is 5.82 Å². The van der Waals surface area contributed by atoms with Gasteiger partial charge >= 0.3 is 5.97 Å². The first-order valence-electron chi connectivity index (χ1n) is 6.03. The van der Waals surface area contributed by atoms with E-state index < -0.39 is 32.3 Å². The van der Waals surface area contributed by atoms with Gasteiger partial charge < -0.3 is 5.11 Å². The minimum absolute atomic E-state index is 0.149. The molecule has 0 spiro atoms. The number of halogens is 2. The second kappa shape index (κ2) is 6.05. The standard InChI is InChI=1S/C14H11BrFNO4S/c1-8-11(16)6-9(14(18)19)7-13(8)22(20,21)17-12-5-3-2-4-10(12)15/h2-7,17H,1H3,(H,18,19). The number of carbonyl (C=O) groups is 1.